The second-order valence-electron chi connectivity index (χ2n) is 5.03. The minimum absolute atomic E-state index is 0.489. The number of hydrogen-bond donors (Lipinski definition) is 0. The van der Waals surface area contributed by atoms with Gasteiger partial charge in [-0.25, -0.2) is 4.98 Å². The molecule has 0 amide bonds. The Morgan fingerprint density at radius 1 is 1.28 bits per heavy atom. The van der Waals surface area contributed by atoms with Crippen LogP contribution in [0.2, 0.25) is 0 Å². The number of aryl methyl sites for hydroxylation is 3. The van der Waals surface area contributed by atoms with Gasteiger partial charge in [-0.05, 0) is 33.3 Å². The highest BCUT2D eigenvalue weighted by Crippen LogP contribution is 2.29. The van der Waals surface area contributed by atoms with E-state index in [4.69, 9.17) is 0 Å². The number of thiazole rings is 1. The van der Waals surface area contributed by atoms with Crippen LogP contribution in [-0.2, 0) is 0 Å². The first-order valence-electron chi connectivity index (χ1n) is 6.33. The fourth-order valence-corrected chi connectivity index (χ4v) is 3.46. The van der Waals surface area contributed by atoms with Crippen molar-refractivity contribution in [2.45, 2.75) is 33.2 Å². The van der Waals surface area contributed by atoms with Gasteiger partial charge in [0.1, 0.15) is 0 Å². The van der Waals surface area contributed by atoms with Crippen LogP contribution in [0.25, 0.3) is 0 Å². The maximum Gasteiger partial charge on any atom is 0.185 e. The van der Waals surface area contributed by atoms with E-state index in [1.165, 1.54) is 5.69 Å². The lowest BCUT2D eigenvalue weighted by Crippen LogP contribution is -2.21. The highest BCUT2D eigenvalue weighted by molar-refractivity contribution is 7.13. The number of nitrogens with zero attached hydrogens (tertiary/aromatic N) is 4. The molecule has 0 bridgehead atoms. The third-order valence-electron chi connectivity index (χ3n) is 3.43. The minimum Gasteiger partial charge on any atom is -0.346 e. The molecule has 1 saturated heterocycles. The predicted octanol–water partition coefficient (Wildman–Crippen LogP) is 2.72. The Morgan fingerprint density at radius 3 is 2.72 bits per heavy atom. The van der Waals surface area contributed by atoms with Gasteiger partial charge in [0.2, 0.25) is 0 Å². The Kier molecular flexibility index (Phi) is 2.86. The Labute approximate surface area is 111 Å². The van der Waals surface area contributed by atoms with Crippen LogP contribution in [0.1, 0.15) is 29.5 Å². The van der Waals surface area contributed by atoms with Crippen molar-refractivity contribution in [3.8, 4) is 0 Å². The van der Waals surface area contributed by atoms with Crippen LogP contribution < -0.4 is 4.90 Å². The molecule has 1 atom stereocenters. The fraction of sp³-hybridized carbons (Fsp3) is 0.538. The minimum atomic E-state index is 0.489. The standard InChI is InChI=1S/C13H18N4S/c1-9-6-11(3)17(15-9)12-4-5-16(7-12)13-14-10(2)8-18-13/h6,8,12H,4-5,7H2,1-3H3/t12-/m0/s1. The Hall–Kier alpha value is -1.36. The molecule has 5 heteroatoms. The Balaban J connectivity index is 1.77. The van der Waals surface area contributed by atoms with E-state index in [0.29, 0.717) is 6.04 Å². The molecular weight excluding hydrogens is 244 g/mol. The highest BCUT2D eigenvalue weighted by atomic mass is 32.1. The zero-order chi connectivity index (χ0) is 12.7. The van der Waals surface area contributed by atoms with Crippen molar-refractivity contribution in [1.82, 2.24) is 14.8 Å². The summed E-state index contributed by atoms with van der Waals surface area (Å²) in [4.78, 5) is 6.94. The summed E-state index contributed by atoms with van der Waals surface area (Å²) in [7, 11) is 0. The topological polar surface area (TPSA) is 34.0 Å². The van der Waals surface area contributed by atoms with Crippen molar-refractivity contribution in [3.05, 3.63) is 28.5 Å². The van der Waals surface area contributed by atoms with Crippen LogP contribution in [0.5, 0.6) is 0 Å². The smallest absolute Gasteiger partial charge is 0.185 e. The van der Waals surface area contributed by atoms with E-state index >= 15 is 0 Å². The lowest BCUT2D eigenvalue weighted by molar-refractivity contribution is 0.481. The summed E-state index contributed by atoms with van der Waals surface area (Å²) in [5, 5.41) is 7.87. The SMILES string of the molecule is Cc1csc(N2CC[C@H](n3nc(C)cc3C)C2)n1. The van der Waals surface area contributed by atoms with Crippen LogP contribution in [0.15, 0.2) is 11.4 Å². The van der Waals surface area contributed by atoms with Crippen LogP contribution in [0.3, 0.4) is 0 Å². The molecule has 2 aromatic heterocycles. The van der Waals surface area contributed by atoms with Crippen molar-refractivity contribution in [3.63, 3.8) is 0 Å². The van der Waals surface area contributed by atoms with Crippen molar-refractivity contribution in [1.29, 1.82) is 0 Å². The van der Waals surface area contributed by atoms with Crippen LogP contribution >= 0.6 is 11.3 Å². The first kappa shape index (κ1) is 11.7. The van der Waals surface area contributed by atoms with E-state index in [2.05, 4.69) is 51.9 Å². The van der Waals surface area contributed by atoms with E-state index < -0.39 is 0 Å². The molecule has 0 N–H and O–H groups in total. The van der Waals surface area contributed by atoms with Crippen molar-refractivity contribution in [2.75, 3.05) is 18.0 Å². The molecule has 0 aromatic carbocycles. The number of rotatable bonds is 2. The first-order chi connectivity index (χ1) is 8.63. The molecular formula is C13H18N4S. The van der Waals surface area contributed by atoms with Gasteiger partial charge in [0.15, 0.2) is 5.13 Å². The highest BCUT2D eigenvalue weighted by Gasteiger charge is 2.27. The normalized spacial score (nSPS) is 19.7. The first-order valence-corrected chi connectivity index (χ1v) is 7.21. The molecule has 0 saturated carbocycles. The predicted molar refractivity (Wildman–Crippen MR) is 74.4 cm³/mol. The van der Waals surface area contributed by atoms with Gasteiger partial charge >= 0.3 is 0 Å². The molecule has 96 valence electrons. The van der Waals surface area contributed by atoms with Crippen molar-refractivity contribution >= 4 is 16.5 Å². The summed E-state index contributed by atoms with van der Waals surface area (Å²) >= 11 is 1.74. The van der Waals surface area contributed by atoms with Crippen LogP contribution in [0.4, 0.5) is 5.13 Å². The van der Waals surface area contributed by atoms with Gasteiger partial charge in [0, 0.05) is 24.2 Å². The molecule has 0 radical (unpaired) electrons. The summed E-state index contributed by atoms with van der Waals surface area (Å²) in [6.45, 7) is 8.34. The van der Waals surface area contributed by atoms with Gasteiger partial charge in [-0.2, -0.15) is 5.10 Å². The maximum atomic E-state index is 4.60. The molecule has 3 rings (SSSR count). The summed E-state index contributed by atoms with van der Waals surface area (Å²) < 4.78 is 2.18. The van der Waals surface area contributed by atoms with Gasteiger partial charge in [-0.15, -0.1) is 11.3 Å². The van der Waals surface area contributed by atoms with Gasteiger partial charge in [-0.1, -0.05) is 0 Å². The molecule has 1 aliphatic heterocycles. The fourth-order valence-electron chi connectivity index (χ4n) is 2.62. The van der Waals surface area contributed by atoms with E-state index in [0.717, 1.165) is 36.0 Å². The third-order valence-corrected chi connectivity index (χ3v) is 4.45. The van der Waals surface area contributed by atoms with E-state index in [-0.39, 0.29) is 0 Å². The van der Waals surface area contributed by atoms with Crippen LogP contribution in [0, 0.1) is 20.8 Å². The molecule has 1 fully saturated rings. The monoisotopic (exact) mass is 262 g/mol. The molecule has 2 aromatic rings. The maximum absolute atomic E-state index is 4.60. The summed E-state index contributed by atoms with van der Waals surface area (Å²) in [6, 6.07) is 2.64. The van der Waals surface area contributed by atoms with E-state index in [1.54, 1.807) is 11.3 Å². The number of anilines is 1. The van der Waals surface area contributed by atoms with E-state index in [9.17, 15) is 0 Å². The lowest BCUT2D eigenvalue weighted by atomic mass is 10.2. The Morgan fingerprint density at radius 2 is 2.11 bits per heavy atom. The molecule has 3 heterocycles. The largest absolute Gasteiger partial charge is 0.346 e. The van der Waals surface area contributed by atoms with Crippen molar-refractivity contribution in [2.24, 2.45) is 0 Å². The summed E-state index contributed by atoms with van der Waals surface area (Å²) in [6.07, 6.45) is 1.15. The average molecular weight is 262 g/mol. The second-order valence-corrected chi connectivity index (χ2v) is 5.87. The molecule has 1 aliphatic rings. The zero-order valence-electron chi connectivity index (χ0n) is 11.1. The lowest BCUT2D eigenvalue weighted by Gasteiger charge is -2.16. The summed E-state index contributed by atoms with van der Waals surface area (Å²) in [5.41, 5.74) is 3.48. The van der Waals surface area contributed by atoms with Gasteiger partial charge in [-0.3, -0.25) is 4.68 Å². The van der Waals surface area contributed by atoms with E-state index in [1.807, 2.05) is 0 Å². The Bertz CT molecular complexity index is 557. The quantitative estimate of drug-likeness (QED) is 0.834. The third kappa shape index (κ3) is 2.03. The van der Waals surface area contributed by atoms with Gasteiger partial charge in [0.25, 0.3) is 0 Å². The molecule has 4 nitrogen and oxygen atoms in total. The molecule has 18 heavy (non-hydrogen) atoms. The van der Waals surface area contributed by atoms with Gasteiger partial charge < -0.3 is 4.90 Å². The number of aromatic nitrogens is 3. The molecule has 0 spiro atoms. The second kappa shape index (κ2) is 4.39. The van der Waals surface area contributed by atoms with Crippen molar-refractivity contribution < 1.29 is 0 Å². The molecule has 0 aliphatic carbocycles. The average Bonchev–Trinajstić information content (AvgIpc) is 2.98. The van der Waals surface area contributed by atoms with Crippen LogP contribution in [-0.4, -0.2) is 27.9 Å². The van der Waals surface area contributed by atoms with Gasteiger partial charge in [0.05, 0.1) is 17.4 Å². The zero-order valence-corrected chi connectivity index (χ0v) is 11.9. The summed E-state index contributed by atoms with van der Waals surface area (Å²) in [5.74, 6) is 0. The molecule has 0 unspecified atom stereocenters. The number of hydrogen-bond acceptors (Lipinski definition) is 4.